The Kier molecular flexibility index (Phi) is 4.08. The van der Waals surface area contributed by atoms with E-state index in [9.17, 15) is 18.0 Å². The summed E-state index contributed by atoms with van der Waals surface area (Å²) in [6.45, 7) is -0.363. The number of carbonyl (C=O) groups is 1. The molecule has 0 aliphatic carbocycles. The highest BCUT2D eigenvalue weighted by molar-refractivity contribution is 6.31. The first-order valence-corrected chi connectivity index (χ1v) is 6.09. The molecular weight excluding hydrogens is 309 g/mol. The third-order valence-electron chi connectivity index (χ3n) is 2.52. The maximum Gasteiger partial charge on any atom is 0.435 e. The Morgan fingerprint density at radius 2 is 2.10 bits per heavy atom. The fraction of sp³-hybridized carbons (Fsp3) is 0.167. The molecule has 0 atom stereocenters. The zero-order chi connectivity index (χ0) is 15.6. The van der Waals surface area contributed by atoms with Crippen LogP contribution >= 0.6 is 11.6 Å². The molecule has 0 saturated carbocycles. The number of halogens is 4. The molecule has 9 heteroatoms. The Balaban J connectivity index is 2.03. The van der Waals surface area contributed by atoms with Gasteiger partial charge in [0.25, 0.3) is 0 Å². The Hall–Kier alpha value is -2.22. The van der Waals surface area contributed by atoms with E-state index in [1.54, 1.807) is 0 Å². The molecule has 5 nitrogen and oxygen atoms in total. The van der Waals surface area contributed by atoms with Crippen LogP contribution in [0.15, 0.2) is 30.5 Å². The quantitative estimate of drug-likeness (QED) is 0.855. The van der Waals surface area contributed by atoms with Crippen molar-refractivity contribution in [2.45, 2.75) is 12.7 Å². The lowest BCUT2D eigenvalue weighted by atomic mass is 10.2. The minimum atomic E-state index is -4.54. The fourth-order valence-corrected chi connectivity index (χ4v) is 1.77. The molecule has 2 aromatic rings. The van der Waals surface area contributed by atoms with Crippen molar-refractivity contribution in [3.63, 3.8) is 0 Å². The van der Waals surface area contributed by atoms with E-state index < -0.39 is 17.8 Å². The molecule has 3 N–H and O–H groups in total. The summed E-state index contributed by atoms with van der Waals surface area (Å²) in [7, 11) is 0. The molecule has 0 radical (unpaired) electrons. The number of nitrogen functional groups attached to an aromatic ring is 1. The van der Waals surface area contributed by atoms with Gasteiger partial charge in [-0.05, 0) is 24.3 Å². The van der Waals surface area contributed by atoms with E-state index in [1.807, 2.05) is 0 Å². The Bertz CT molecular complexity index is 669. The number of amides is 1. The molecule has 0 bridgehead atoms. The van der Waals surface area contributed by atoms with Crippen LogP contribution in [0.2, 0.25) is 5.02 Å². The smallest absolute Gasteiger partial charge is 0.397 e. The summed E-state index contributed by atoms with van der Waals surface area (Å²) in [6, 6.07) is 5.28. The van der Waals surface area contributed by atoms with E-state index in [-0.39, 0.29) is 12.2 Å². The van der Waals surface area contributed by atoms with Crippen molar-refractivity contribution in [1.29, 1.82) is 0 Å². The van der Waals surface area contributed by atoms with E-state index in [2.05, 4.69) is 10.4 Å². The topological polar surface area (TPSA) is 72.9 Å². The molecular formula is C12H10ClF3N4O. The van der Waals surface area contributed by atoms with Gasteiger partial charge >= 0.3 is 6.18 Å². The maximum atomic E-state index is 12.4. The van der Waals surface area contributed by atoms with Crippen LogP contribution in [0.1, 0.15) is 5.69 Å². The maximum absolute atomic E-state index is 12.4. The molecule has 1 amide bonds. The molecule has 0 aliphatic rings. The number of hydrogen-bond acceptors (Lipinski definition) is 3. The predicted octanol–water partition coefficient (Wildman–Crippen LogP) is 2.78. The molecule has 0 spiro atoms. The number of alkyl halides is 3. The summed E-state index contributed by atoms with van der Waals surface area (Å²) in [4.78, 5) is 11.7. The monoisotopic (exact) mass is 318 g/mol. The molecule has 0 unspecified atom stereocenters. The van der Waals surface area contributed by atoms with Crippen molar-refractivity contribution >= 4 is 28.9 Å². The summed E-state index contributed by atoms with van der Waals surface area (Å²) in [5.41, 5.74) is 5.18. The minimum Gasteiger partial charge on any atom is -0.397 e. The number of rotatable bonds is 3. The van der Waals surface area contributed by atoms with Crippen LogP contribution in [-0.2, 0) is 17.5 Å². The van der Waals surface area contributed by atoms with E-state index in [0.717, 1.165) is 16.9 Å². The number of nitrogens with zero attached hydrogens (tertiary/aromatic N) is 2. The van der Waals surface area contributed by atoms with Crippen LogP contribution in [0.4, 0.5) is 24.5 Å². The highest BCUT2D eigenvalue weighted by Gasteiger charge is 2.33. The van der Waals surface area contributed by atoms with Crippen molar-refractivity contribution in [2.24, 2.45) is 0 Å². The first-order chi connectivity index (χ1) is 9.75. The van der Waals surface area contributed by atoms with Gasteiger partial charge in [-0.1, -0.05) is 11.6 Å². The number of anilines is 2. The Morgan fingerprint density at radius 3 is 2.67 bits per heavy atom. The number of benzene rings is 1. The summed E-state index contributed by atoms with van der Waals surface area (Å²) in [5, 5.41) is 6.16. The van der Waals surface area contributed by atoms with Gasteiger partial charge in [0, 0.05) is 11.2 Å². The largest absolute Gasteiger partial charge is 0.435 e. The van der Waals surface area contributed by atoms with Crippen LogP contribution in [0.3, 0.4) is 0 Å². The van der Waals surface area contributed by atoms with Gasteiger partial charge in [-0.2, -0.15) is 18.3 Å². The van der Waals surface area contributed by atoms with Crippen LogP contribution in [0, 0.1) is 0 Å². The van der Waals surface area contributed by atoms with Crippen LogP contribution in [0.25, 0.3) is 0 Å². The van der Waals surface area contributed by atoms with Gasteiger partial charge in [0.05, 0.1) is 11.4 Å². The van der Waals surface area contributed by atoms with Crippen molar-refractivity contribution in [3.05, 3.63) is 41.2 Å². The van der Waals surface area contributed by atoms with E-state index in [4.69, 9.17) is 17.3 Å². The summed E-state index contributed by atoms with van der Waals surface area (Å²) >= 11 is 5.72. The highest BCUT2D eigenvalue weighted by Crippen LogP contribution is 2.27. The zero-order valence-corrected chi connectivity index (χ0v) is 11.2. The van der Waals surface area contributed by atoms with Crippen molar-refractivity contribution in [2.75, 3.05) is 11.1 Å². The summed E-state index contributed by atoms with van der Waals surface area (Å²) in [6.07, 6.45) is -3.46. The van der Waals surface area contributed by atoms with E-state index in [0.29, 0.717) is 10.7 Å². The van der Waals surface area contributed by atoms with Gasteiger partial charge in [-0.25, -0.2) is 0 Å². The average Bonchev–Trinajstić information content (AvgIpc) is 2.81. The van der Waals surface area contributed by atoms with Gasteiger partial charge in [0.2, 0.25) is 5.91 Å². The third-order valence-corrected chi connectivity index (χ3v) is 2.76. The SMILES string of the molecule is Nc1cc(Cl)ccc1NC(=O)Cn1ccc(C(F)(F)F)n1. The molecule has 0 fully saturated rings. The average molecular weight is 319 g/mol. The number of aromatic nitrogens is 2. The van der Waals surface area contributed by atoms with Gasteiger partial charge < -0.3 is 11.1 Å². The molecule has 1 heterocycles. The normalized spacial score (nSPS) is 11.4. The number of nitrogens with one attached hydrogen (secondary N) is 1. The Morgan fingerprint density at radius 1 is 1.38 bits per heavy atom. The predicted molar refractivity (Wildman–Crippen MR) is 71.7 cm³/mol. The lowest BCUT2D eigenvalue weighted by molar-refractivity contribution is -0.141. The fourth-order valence-electron chi connectivity index (χ4n) is 1.59. The molecule has 1 aromatic heterocycles. The second-order valence-electron chi connectivity index (χ2n) is 4.18. The molecule has 0 saturated heterocycles. The van der Waals surface area contributed by atoms with Crippen LogP contribution in [-0.4, -0.2) is 15.7 Å². The Labute approximate surface area is 122 Å². The summed E-state index contributed by atoms with van der Waals surface area (Å²) in [5.74, 6) is -0.555. The number of carbonyl (C=O) groups excluding carboxylic acids is 1. The first kappa shape index (κ1) is 15.2. The summed E-state index contributed by atoms with van der Waals surface area (Å²) < 4.78 is 38.0. The molecule has 112 valence electrons. The van der Waals surface area contributed by atoms with Crippen molar-refractivity contribution in [3.8, 4) is 0 Å². The van der Waals surface area contributed by atoms with Gasteiger partial charge in [-0.3, -0.25) is 9.48 Å². The minimum absolute atomic E-state index is 0.257. The molecule has 2 rings (SSSR count). The lowest BCUT2D eigenvalue weighted by Crippen LogP contribution is -2.20. The third kappa shape index (κ3) is 3.88. The zero-order valence-electron chi connectivity index (χ0n) is 10.5. The van der Waals surface area contributed by atoms with Crippen LogP contribution < -0.4 is 11.1 Å². The van der Waals surface area contributed by atoms with E-state index >= 15 is 0 Å². The standard InChI is InChI=1S/C12H10ClF3N4O/c13-7-1-2-9(8(17)5-7)18-11(21)6-20-4-3-10(19-20)12(14,15)16/h1-5H,6,17H2,(H,18,21). The van der Waals surface area contributed by atoms with Gasteiger partial charge in [0.15, 0.2) is 5.69 Å². The first-order valence-electron chi connectivity index (χ1n) is 5.71. The second kappa shape index (κ2) is 5.65. The molecule has 1 aromatic carbocycles. The highest BCUT2D eigenvalue weighted by atomic mass is 35.5. The number of hydrogen-bond donors (Lipinski definition) is 2. The number of nitrogens with two attached hydrogens (primary N) is 1. The van der Waals surface area contributed by atoms with Crippen molar-refractivity contribution in [1.82, 2.24) is 9.78 Å². The van der Waals surface area contributed by atoms with Gasteiger partial charge in [-0.15, -0.1) is 0 Å². The lowest BCUT2D eigenvalue weighted by Gasteiger charge is -2.08. The molecule has 0 aliphatic heterocycles. The van der Waals surface area contributed by atoms with Crippen LogP contribution in [0.5, 0.6) is 0 Å². The van der Waals surface area contributed by atoms with Crippen molar-refractivity contribution < 1.29 is 18.0 Å². The molecule has 21 heavy (non-hydrogen) atoms. The van der Waals surface area contributed by atoms with Gasteiger partial charge in [0.1, 0.15) is 6.54 Å². The van der Waals surface area contributed by atoms with E-state index in [1.165, 1.54) is 18.2 Å². The second-order valence-corrected chi connectivity index (χ2v) is 4.61.